The predicted octanol–water partition coefficient (Wildman–Crippen LogP) is 1.49. The van der Waals surface area contributed by atoms with Crippen molar-refractivity contribution in [2.75, 3.05) is 4.72 Å². The normalized spacial score (nSPS) is 11.4. The van der Waals surface area contributed by atoms with Crippen LogP contribution in [0.15, 0.2) is 35.4 Å². The number of aromatic nitrogens is 2. The van der Waals surface area contributed by atoms with Gasteiger partial charge in [-0.1, -0.05) is 0 Å². The monoisotopic (exact) mass is 259 g/mol. The smallest absolute Gasteiger partial charge is 0.264 e. The molecule has 8 heteroatoms. The quantitative estimate of drug-likeness (QED) is 0.876. The topological polar surface area (TPSA) is 74.8 Å². The maximum atomic E-state index is 13.3. The lowest BCUT2D eigenvalue weighted by atomic mass is 10.3. The Hall–Kier alpha value is -1.96. The number of anilines is 1. The largest absolute Gasteiger partial charge is 0.266 e. The molecule has 0 spiro atoms. The second kappa shape index (κ2) is 4.13. The number of rotatable bonds is 3. The molecule has 2 N–H and O–H groups in total. The number of aromatic amines is 1. The van der Waals surface area contributed by atoms with Gasteiger partial charge < -0.3 is 0 Å². The first-order valence-electron chi connectivity index (χ1n) is 4.46. The Bertz CT molecular complexity index is 626. The third-order valence-electron chi connectivity index (χ3n) is 1.93. The van der Waals surface area contributed by atoms with Crippen molar-refractivity contribution >= 4 is 15.8 Å². The van der Waals surface area contributed by atoms with Crippen LogP contribution >= 0.6 is 0 Å². The fourth-order valence-corrected chi connectivity index (χ4v) is 2.30. The molecule has 5 nitrogen and oxygen atoms in total. The van der Waals surface area contributed by atoms with Crippen molar-refractivity contribution in [1.29, 1.82) is 0 Å². The molecular formula is C9H7F2N3O2S. The minimum atomic E-state index is -4.17. The van der Waals surface area contributed by atoms with Gasteiger partial charge in [0.1, 0.15) is 22.3 Å². The van der Waals surface area contributed by atoms with Gasteiger partial charge in [0.2, 0.25) is 0 Å². The number of benzene rings is 1. The van der Waals surface area contributed by atoms with E-state index in [0.29, 0.717) is 6.07 Å². The molecule has 0 atom stereocenters. The van der Waals surface area contributed by atoms with Crippen molar-refractivity contribution in [3.8, 4) is 0 Å². The molecule has 0 aliphatic heterocycles. The zero-order valence-corrected chi connectivity index (χ0v) is 9.13. The van der Waals surface area contributed by atoms with Gasteiger partial charge in [-0.15, -0.1) is 0 Å². The third kappa shape index (κ3) is 2.41. The molecular weight excluding hydrogens is 252 g/mol. The van der Waals surface area contributed by atoms with E-state index in [2.05, 4.69) is 10.2 Å². The summed E-state index contributed by atoms with van der Waals surface area (Å²) >= 11 is 0. The Kier molecular flexibility index (Phi) is 2.80. The van der Waals surface area contributed by atoms with Crippen LogP contribution in [0.25, 0.3) is 0 Å². The van der Waals surface area contributed by atoms with Crippen molar-refractivity contribution in [1.82, 2.24) is 10.2 Å². The fourth-order valence-electron chi connectivity index (χ4n) is 1.20. The van der Waals surface area contributed by atoms with Crippen molar-refractivity contribution in [3.05, 3.63) is 42.1 Å². The molecule has 0 bridgehead atoms. The predicted molar refractivity (Wildman–Crippen MR) is 55.8 cm³/mol. The highest BCUT2D eigenvalue weighted by Crippen LogP contribution is 2.18. The Balaban J connectivity index is 2.41. The van der Waals surface area contributed by atoms with Crippen molar-refractivity contribution in [2.45, 2.75) is 4.90 Å². The van der Waals surface area contributed by atoms with Crippen LogP contribution in [0.2, 0.25) is 0 Å². The summed E-state index contributed by atoms with van der Waals surface area (Å²) in [6.45, 7) is 0. The van der Waals surface area contributed by atoms with E-state index in [9.17, 15) is 17.2 Å². The van der Waals surface area contributed by atoms with Crippen LogP contribution in [-0.4, -0.2) is 18.6 Å². The van der Waals surface area contributed by atoms with E-state index in [1.807, 2.05) is 4.72 Å². The van der Waals surface area contributed by atoms with E-state index in [-0.39, 0.29) is 5.82 Å². The fraction of sp³-hybridized carbons (Fsp3) is 0. The summed E-state index contributed by atoms with van der Waals surface area (Å²) in [5.41, 5.74) is 0. The van der Waals surface area contributed by atoms with Gasteiger partial charge in [-0.25, -0.2) is 17.2 Å². The Morgan fingerprint density at radius 1 is 1.24 bits per heavy atom. The first-order chi connectivity index (χ1) is 7.99. The molecule has 2 rings (SSSR count). The molecule has 0 aliphatic rings. The van der Waals surface area contributed by atoms with Gasteiger partial charge in [0.25, 0.3) is 10.0 Å². The second-order valence-electron chi connectivity index (χ2n) is 3.15. The van der Waals surface area contributed by atoms with E-state index < -0.39 is 26.6 Å². The van der Waals surface area contributed by atoms with Gasteiger partial charge in [0, 0.05) is 6.07 Å². The molecule has 2 aromatic rings. The average molecular weight is 259 g/mol. The van der Waals surface area contributed by atoms with Crippen LogP contribution in [0.5, 0.6) is 0 Å². The number of hydrogen-bond acceptors (Lipinski definition) is 3. The number of hydrogen-bond donors (Lipinski definition) is 2. The van der Waals surface area contributed by atoms with Crippen molar-refractivity contribution in [3.63, 3.8) is 0 Å². The maximum Gasteiger partial charge on any atom is 0.266 e. The van der Waals surface area contributed by atoms with Gasteiger partial charge in [-0.3, -0.25) is 9.82 Å². The standard InChI is InChI=1S/C9H7F2N3O2S/c10-6-1-2-7(11)8(5-6)17(15,16)14-9-3-4-12-13-9/h1-5H,(H2,12,13,14). The summed E-state index contributed by atoms with van der Waals surface area (Å²) in [7, 11) is -4.17. The number of H-pyrrole nitrogens is 1. The van der Waals surface area contributed by atoms with Crippen LogP contribution in [-0.2, 0) is 10.0 Å². The zero-order valence-electron chi connectivity index (χ0n) is 8.31. The molecule has 0 aliphatic carbocycles. The van der Waals surface area contributed by atoms with Crippen molar-refractivity contribution in [2.24, 2.45) is 0 Å². The molecule has 0 unspecified atom stereocenters. The van der Waals surface area contributed by atoms with E-state index in [1.54, 1.807) is 0 Å². The van der Waals surface area contributed by atoms with Crippen LogP contribution in [0.3, 0.4) is 0 Å². The Morgan fingerprint density at radius 2 is 2.00 bits per heavy atom. The molecule has 17 heavy (non-hydrogen) atoms. The molecule has 0 saturated carbocycles. The molecule has 1 aromatic carbocycles. The summed E-state index contributed by atoms with van der Waals surface area (Å²) < 4.78 is 51.6. The lowest BCUT2D eigenvalue weighted by Crippen LogP contribution is -2.15. The molecule has 1 aromatic heterocycles. The second-order valence-corrected chi connectivity index (χ2v) is 4.80. The van der Waals surface area contributed by atoms with E-state index in [1.165, 1.54) is 12.3 Å². The van der Waals surface area contributed by atoms with E-state index >= 15 is 0 Å². The summed E-state index contributed by atoms with van der Waals surface area (Å²) in [6, 6.07) is 3.53. The summed E-state index contributed by atoms with van der Waals surface area (Å²) in [5.74, 6) is -1.80. The molecule has 1 heterocycles. The van der Waals surface area contributed by atoms with Crippen molar-refractivity contribution < 1.29 is 17.2 Å². The van der Waals surface area contributed by atoms with Gasteiger partial charge in [0.05, 0.1) is 6.20 Å². The molecule has 0 radical (unpaired) electrons. The lowest BCUT2D eigenvalue weighted by Gasteiger charge is -2.06. The zero-order chi connectivity index (χ0) is 12.5. The summed E-state index contributed by atoms with van der Waals surface area (Å²) in [6.07, 6.45) is 1.32. The maximum absolute atomic E-state index is 13.3. The minimum Gasteiger partial charge on any atom is -0.264 e. The van der Waals surface area contributed by atoms with Gasteiger partial charge >= 0.3 is 0 Å². The Morgan fingerprint density at radius 3 is 2.65 bits per heavy atom. The lowest BCUT2D eigenvalue weighted by molar-refractivity contribution is 0.555. The van der Waals surface area contributed by atoms with E-state index in [4.69, 9.17) is 0 Å². The number of nitrogens with zero attached hydrogens (tertiary/aromatic N) is 1. The van der Waals surface area contributed by atoms with Crippen LogP contribution in [0, 0.1) is 11.6 Å². The van der Waals surface area contributed by atoms with Gasteiger partial charge in [-0.2, -0.15) is 5.10 Å². The van der Waals surface area contributed by atoms with Gasteiger partial charge in [-0.05, 0) is 18.2 Å². The van der Waals surface area contributed by atoms with E-state index in [0.717, 1.165) is 12.1 Å². The van der Waals surface area contributed by atoms with Crippen LogP contribution in [0.4, 0.5) is 14.6 Å². The highest BCUT2D eigenvalue weighted by atomic mass is 32.2. The first-order valence-corrected chi connectivity index (χ1v) is 5.94. The highest BCUT2D eigenvalue weighted by Gasteiger charge is 2.20. The average Bonchev–Trinajstić information content (AvgIpc) is 2.73. The summed E-state index contributed by atoms with van der Waals surface area (Å²) in [5, 5.41) is 5.86. The van der Waals surface area contributed by atoms with Crippen LogP contribution < -0.4 is 4.72 Å². The molecule has 0 amide bonds. The first kappa shape index (κ1) is 11.5. The Labute approximate surface area is 95.5 Å². The minimum absolute atomic E-state index is 0.0636. The van der Waals surface area contributed by atoms with Gasteiger partial charge in [0.15, 0.2) is 0 Å². The highest BCUT2D eigenvalue weighted by molar-refractivity contribution is 7.92. The molecule has 0 saturated heterocycles. The molecule has 0 fully saturated rings. The SMILES string of the molecule is O=S(=O)(Nc1ccn[nH]1)c1cc(F)ccc1F. The molecule has 90 valence electrons. The summed E-state index contributed by atoms with van der Waals surface area (Å²) in [4.78, 5) is -0.757. The van der Waals surface area contributed by atoms with Crippen LogP contribution in [0.1, 0.15) is 0 Å². The third-order valence-corrected chi connectivity index (χ3v) is 3.31. The number of nitrogens with one attached hydrogen (secondary N) is 2. The number of halogens is 2. The number of sulfonamides is 1.